The minimum Gasteiger partial charge on any atom is -0.341 e. The summed E-state index contributed by atoms with van der Waals surface area (Å²) < 4.78 is 0. The molecule has 3 unspecified atom stereocenters. The first kappa shape index (κ1) is 14.1. The van der Waals surface area contributed by atoms with Gasteiger partial charge in [0.2, 0.25) is 5.91 Å². The molecule has 3 rings (SSSR count). The largest absolute Gasteiger partial charge is 0.341 e. The summed E-state index contributed by atoms with van der Waals surface area (Å²) in [5.41, 5.74) is 0. The van der Waals surface area contributed by atoms with Crippen LogP contribution in [-0.4, -0.2) is 46.9 Å². The Labute approximate surface area is 123 Å². The Kier molecular flexibility index (Phi) is 4.16. The lowest BCUT2D eigenvalue weighted by Gasteiger charge is -2.33. The highest BCUT2D eigenvalue weighted by Crippen LogP contribution is 2.33. The molecule has 0 N–H and O–H groups in total. The highest BCUT2D eigenvalue weighted by molar-refractivity contribution is 5.79. The molecule has 1 amide bonds. The SMILES string of the molecule is CC(C)N1C2CCC1CN(C(=O)C1CC=CCC1)CC2. The Balaban J connectivity index is 1.67. The number of hydrogen-bond acceptors (Lipinski definition) is 2. The third-order valence-electron chi connectivity index (χ3n) is 5.37. The fraction of sp³-hybridized carbons (Fsp3) is 0.824. The van der Waals surface area contributed by atoms with Crippen molar-refractivity contribution in [3.63, 3.8) is 0 Å². The van der Waals surface area contributed by atoms with E-state index in [0.717, 1.165) is 32.4 Å². The van der Waals surface area contributed by atoms with Crippen molar-refractivity contribution in [2.24, 2.45) is 5.92 Å². The molecular weight excluding hydrogens is 248 g/mol. The summed E-state index contributed by atoms with van der Waals surface area (Å²) in [5, 5.41) is 0. The molecule has 0 aromatic carbocycles. The van der Waals surface area contributed by atoms with E-state index in [-0.39, 0.29) is 5.92 Å². The topological polar surface area (TPSA) is 23.6 Å². The van der Waals surface area contributed by atoms with Crippen LogP contribution in [0.4, 0.5) is 0 Å². The van der Waals surface area contributed by atoms with Crippen molar-refractivity contribution in [1.29, 1.82) is 0 Å². The molecule has 0 saturated carbocycles. The Morgan fingerprint density at radius 3 is 2.60 bits per heavy atom. The maximum Gasteiger partial charge on any atom is 0.226 e. The van der Waals surface area contributed by atoms with Crippen molar-refractivity contribution < 1.29 is 4.79 Å². The van der Waals surface area contributed by atoms with Gasteiger partial charge >= 0.3 is 0 Å². The standard InChI is InChI=1S/C17H28N2O/c1-13(2)19-15-8-9-16(19)12-18(11-10-15)17(20)14-6-4-3-5-7-14/h3-4,13-16H,5-12H2,1-2H3. The molecule has 0 spiro atoms. The third-order valence-corrected chi connectivity index (χ3v) is 5.37. The lowest BCUT2D eigenvalue weighted by molar-refractivity contribution is -0.136. The molecule has 2 aliphatic heterocycles. The van der Waals surface area contributed by atoms with Gasteiger partial charge in [-0.3, -0.25) is 9.69 Å². The van der Waals surface area contributed by atoms with Gasteiger partial charge in [0, 0.05) is 37.1 Å². The molecule has 112 valence electrons. The lowest BCUT2D eigenvalue weighted by atomic mass is 9.92. The predicted molar refractivity (Wildman–Crippen MR) is 81.5 cm³/mol. The first-order chi connectivity index (χ1) is 9.66. The summed E-state index contributed by atoms with van der Waals surface area (Å²) in [6.07, 6.45) is 11.3. The zero-order valence-corrected chi connectivity index (χ0v) is 12.9. The van der Waals surface area contributed by atoms with Gasteiger partial charge in [-0.05, 0) is 52.4 Å². The first-order valence-corrected chi connectivity index (χ1v) is 8.38. The highest BCUT2D eigenvalue weighted by Gasteiger charge is 2.40. The molecule has 2 saturated heterocycles. The van der Waals surface area contributed by atoms with Crippen LogP contribution in [0.15, 0.2) is 12.2 Å². The second-order valence-electron chi connectivity index (χ2n) is 6.98. The number of carbonyl (C=O) groups excluding carboxylic acids is 1. The number of nitrogens with zero attached hydrogens (tertiary/aromatic N) is 2. The van der Waals surface area contributed by atoms with Gasteiger partial charge in [0.15, 0.2) is 0 Å². The third kappa shape index (κ3) is 2.65. The Morgan fingerprint density at radius 2 is 1.90 bits per heavy atom. The van der Waals surface area contributed by atoms with Crippen LogP contribution < -0.4 is 0 Å². The summed E-state index contributed by atoms with van der Waals surface area (Å²) in [7, 11) is 0. The number of carbonyl (C=O) groups is 1. The predicted octanol–water partition coefficient (Wildman–Crippen LogP) is 2.82. The zero-order valence-electron chi connectivity index (χ0n) is 12.9. The number of likely N-dealkylation sites (tertiary alicyclic amines) is 1. The summed E-state index contributed by atoms with van der Waals surface area (Å²) in [5.74, 6) is 0.676. The van der Waals surface area contributed by atoms with Crippen molar-refractivity contribution >= 4 is 5.91 Å². The number of hydrogen-bond donors (Lipinski definition) is 0. The molecule has 0 aromatic heterocycles. The minimum absolute atomic E-state index is 0.254. The molecule has 2 heterocycles. The molecule has 1 aliphatic carbocycles. The maximum atomic E-state index is 12.7. The van der Waals surface area contributed by atoms with Crippen molar-refractivity contribution in [3.8, 4) is 0 Å². The van der Waals surface area contributed by atoms with E-state index in [2.05, 4.69) is 35.8 Å². The molecule has 3 nitrogen and oxygen atoms in total. The summed E-state index contributed by atoms with van der Waals surface area (Å²) >= 11 is 0. The van der Waals surface area contributed by atoms with Crippen LogP contribution in [0.3, 0.4) is 0 Å². The normalized spacial score (nSPS) is 34.5. The van der Waals surface area contributed by atoms with Gasteiger partial charge in [-0.25, -0.2) is 0 Å². The molecule has 0 radical (unpaired) electrons. The number of amides is 1. The highest BCUT2D eigenvalue weighted by atomic mass is 16.2. The molecule has 3 atom stereocenters. The van der Waals surface area contributed by atoms with E-state index in [0.29, 0.717) is 24.0 Å². The minimum atomic E-state index is 0.254. The van der Waals surface area contributed by atoms with Gasteiger partial charge in [-0.15, -0.1) is 0 Å². The molecule has 3 heteroatoms. The van der Waals surface area contributed by atoms with Crippen LogP contribution in [0.5, 0.6) is 0 Å². The van der Waals surface area contributed by atoms with Gasteiger partial charge < -0.3 is 4.90 Å². The smallest absolute Gasteiger partial charge is 0.226 e. The van der Waals surface area contributed by atoms with Crippen LogP contribution in [0.1, 0.15) is 52.4 Å². The lowest BCUT2D eigenvalue weighted by Crippen LogP contribution is -2.45. The number of fused-ring (bicyclic) bond motifs is 2. The zero-order chi connectivity index (χ0) is 14.1. The molecule has 0 aromatic rings. The van der Waals surface area contributed by atoms with Gasteiger partial charge in [-0.2, -0.15) is 0 Å². The Bertz CT molecular complexity index is 390. The van der Waals surface area contributed by atoms with Crippen LogP contribution in [0.25, 0.3) is 0 Å². The van der Waals surface area contributed by atoms with Crippen molar-refractivity contribution in [2.45, 2.75) is 70.5 Å². The second-order valence-corrected chi connectivity index (χ2v) is 6.98. The number of rotatable bonds is 2. The van der Waals surface area contributed by atoms with Crippen molar-refractivity contribution in [1.82, 2.24) is 9.80 Å². The first-order valence-electron chi connectivity index (χ1n) is 8.38. The maximum absolute atomic E-state index is 12.7. The van der Waals surface area contributed by atoms with Gasteiger partial charge in [-0.1, -0.05) is 12.2 Å². The van der Waals surface area contributed by atoms with Gasteiger partial charge in [0.1, 0.15) is 0 Å². The van der Waals surface area contributed by atoms with Crippen molar-refractivity contribution in [2.75, 3.05) is 13.1 Å². The molecule has 2 bridgehead atoms. The molecule has 2 fully saturated rings. The summed E-state index contributed by atoms with van der Waals surface area (Å²) in [6, 6.07) is 1.93. The fourth-order valence-electron chi connectivity index (χ4n) is 4.43. The average molecular weight is 276 g/mol. The van der Waals surface area contributed by atoms with Crippen LogP contribution >= 0.6 is 0 Å². The van der Waals surface area contributed by atoms with Gasteiger partial charge in [0.25, 0.3) is 0 Å². The van der Waals surface area contributed by atoms with Crippen molar-refractivity contribution in [3.05, 3.63) is 12.2 Å². The summed E-state index contributed by atoms with van der Waals surface area (Å²) in [6.45, 7) is 6.54. The number of allylic oxidation sites excluding steroid dienone is 2. The quantitative estimate of drug-likeness (QED) is 0.724. The summed E-state index contributed by atoms with van der Waals surface area (Å²) in [4.78, 5) is 17.6. The van der Waals surface area contributed by atoms with E-state index in [4.69, 9.17) is 0 Å². The molecular formula is C17H28N2O. The van der Waals surface area contributed by atoms with E-state index in [1.807, 2.05) is 0 Å². The van der Waals surface area contributed by atoms with Crippen LogP contribution in [-0.2, 0) is 4.79 Å². The van der Waals surface area contributed by atoms with E-state index in [9.17, 15) is 4.79 Å². The van der Waals surface area contributed by atoms with E-state index < -0.39 is 0 Å². The molecule has 3 aliphatic rings. The fourth-order valence-corrected chi connectivity index (χ4v) is 4.43. The molecule has 20 heavy (non-hydrogen) atoms. The second kappa shape index (κ2) is 5.88. The Hall–Kier alpha value is -0.830. The van der Waals surface area contributed by atoms with Gasteiger partial charge in [0.05, 0.1) is 0 Å². The van der Waals surface area contributed by atoms with E-state index in [1.54, 1.807) is 0 Å². The average Bonchev–Trinajstić information content (AvgIpc) is 2.74. The van der Waals surface area contributed by atoms with Crippen LogP contribution in [0, 0.1) is 5.92 Å². The van der Waals surface area contributed by atoms with E-state index >= 15 is 0 Å². The van der Waals surface area contributed by atoms with E-state index in [1.165, 1.54) is 19.3 Å². The monoisotopic (exact) mass is 276 g/mol. The Morgan fingerprint density at radius 1 is 1.10 bits per heavy atom. The van der Waals surface area contributed by atoms with Crippen LogP contribution in [0.2, 0.25) is 0 Å².